The van der Waals surface area contributed by atoms with Crippen molar-refractivity contribution < 1.29 is 9.53 Å². The molecule has 4 heteroatoms. The molecule has 0 bridgehead atoms. The van der Waals surface area contributed by atoms with Crippen LogP contribution in [0, 0.1) is 0 Å². The van der Waals surface area contributed by atoms with E-state index >= 15 is 0 Å². The Bertz CT molecular complexity index is 208. The third-order valence-electron chi connectivity index (χ3n) is 1.23. The first-order chi connectivity index (χ1) is 4.75. The molecule has 1 atom stereocenters. The minimum Gasteiger partial charge on any atom is -0.394 e. The van der Waals surface area contributed by atoms with Gasteiger partial charge in [0.05, 0.1) is 11.9 Å². The van der Waals surface area contributed by atoms with Crippen LogP contribution in [0.2, 0.25) is 0 Å². The summed E-state index contributed by atoms with van der Waals surface area (Å²) in [7, 11) is 1.44. The first-order valence-corrected chi connectivity index (χ1v) is 2.81. The first kappa shape index (κ1) is 6.95. The lowest BCUT2D eigenvalue weighted by Gasteiger charge is -2.10. The summed E-state index contributed by atoms with van der Waals surface area (Å²) in [4.78, 5) is 14.6. The number of hydrogen-bond donors (Lipinski definition) is 1. The van der Waals surface area contributed by atoms with Crippen LogP contribution in [-0.2, 0) is 9.53 Å². The van der Waals surface area contributed by atoms with Crippen molar-refractivity contribution in [3.8, 4) is 0 Å². The van der Waals surface area contributed by atoms with Crippen molar-refractivity contribution in [3.05, 3.63) is 11.9 Å². The summed E-state index contributed by atoms with van der Waals surface area (Å²) in [5, 5.41) is 0. The van der Waals surface area contributed by atoms with E-state index < -0.39 is 6.10 Å². The molecule has 0 aromatic rings. The molecule has 0 aromatic heterocycles. The Morgan fingerprint density at radius 2 is 2.50 bits per heavy atom. The monoisotopic (exact) mass is 140 g/mol. The normalized spacial score (nSPS) is 24.7. The van der Waals surface area contributed by atoms with Crippen molar-refractivity contribution in [3.63, 3.8) is 0 Å². The predicted molar refractivity (Wildman–Crippen MR) is 36.6 cm³/mol. The zero-order chi connectivity index (χ0) is 7.56. The predicted octanol–water partition coefficient (Wildman–Crippen LogP) is -0.545. The van der Waals surface area contributed by atoms with E-state index in [1.54, 1.807) is 0 Å². The Balaban J connectivity index is 2.78. The van der Waals surface area contributed by atoms with Crippen LogP contribution in [0.4, 0.5) is 0 Å². The quantitative estimate of drug-likeness (QED) is 0.531. The SMILES string of the molecule is COC1C=NC=C(N)C1=O. The number of carbonyl (C=O) groups excluding carboxylic acids is 1. The second kappa shape index (κ2) is 2.62. The Morgan fingerprint density at radius 1 is 1.80 bits per heavy atom. The van der Waals surface area contributed by atoms with Gasteiger partial charge in [-0.25, -0.2) is 0 Å². The second-order valence-electron chi connectivity index (χ2n) is 1.90. The van der Waals surface area contributed by atoms with Gasteiger partial charge in [-0.05, 0) is 0 Å². The zero-order valence-electron chi connectivity index (χ0n) is 5.57. The van der Waals surface area contributed by atoms with E-state index in [4.69, 9.17) is 10.5 Å². The van der Waals surface area contributed by atoms with Crippen molar-refractivity contribution in [2.75, 3.05) is 7.11 Å². The van der Waals surface area contributed by atoms with Crippen LogP contribution in [0.15, 0.2) is 16.9 Å². The topological polar surface area (TPSA) is 64.7 Å². The average molecular weight is 140 g/mol. The Labute approximate surface area is 58.4 Å². The van der Waals surface area contributed by atoms with Crippen LogP contribution in [0.3, 0.4) is 0 Å². The molecule has 0 saturated carbocycles. The molecule has 1 aliphatic rings. The van der Waals surface area contributed by atoms with E-state index in [0.29, 0.717) is 0 Å². The number of methoxy groups -OCH3 is 1. The van der Waals surface area contributed by atoms with Gasteiger partial charge in [-0.15, -0.1) is 0 Å². The molecule has 1 aliphatic heterocycles. The molecule has 2 N–H and O–H groups in total. The molecular weight excluding hydrogens is 132 g/mol. The number of ether oxygens (including phenoxy) is 1. The van der Waals surface area contributed by atoms with Crippen LogP contribution in [0.1, 0.15) is 0 Å². The third-order valence-corrected chi connectivity index (χ3v) is 1.23. The maximum Gasteiger partial charge on any atom is 0.214 e. The van der Waals surface area contributed by atoms with Crippen LogP contribution >= 0.6 is 0 Å². The first-order valence-electron chi connectivity index (χ1n) is 2.81. The van der Waals surface area contributed by atoms with E-state index in [-0.39, 0.29) is 11.5 Å². The minimum absolute atomic E-state index is 0.148. The fourth-order valence-corrected chi connectivity index (χ4v) is 0.665. The highest BCUT2D eigenvalue weighted by Crippen LogP contribution is 2.01. The van der Waals surface area contributed by atoms with E-state index in [0.717, 1.165) is 0 Å². The van der Waals surface area contributed by atoms with Gasteiger partial charge >= 0.3 is 0 Å². The van der Waals surface area contributed by atoms with Crippen molar-refractivity contribution in [2.24, 2.45) is 10.7 Å². The van der Waals surface area contributed by atoms with Gasteiger partial charge in [0.15, 0.2) is 6.10 Å². The summed E-state index contributed by atoms with van der Waals surface area (Å²) >= 11 is 0. The van der Waals surface area contributed by atoms with Gasteiger partial charge < -0.3 is 10.5 Å². The lowest BCUT2D eigenvalue weighted by atomic mass is 10.2. The minimum atomic E-state index is -0.593. The summed E-state index contributed by atoms with van der Waals surface area (Å²) in [6.45, 7) is 0. The number of hydrogen-bond acceptors (Lipinski definition) is 4. The molecule has 1 rings (SSSR count). The highest BCUT2D eigenvalue weighted by atomic mass is 16.5. The lowest BCUT2D eigenvalue weighted by molar-refractivity contribution is -0.121. The zero-order valence-corrected chi connectivity index (χ0v) is 5.57. The van der Waals surface area contributed by atoms with Gasteiger partial charge in [0.25, 0.3) is 0 Å². The third kappa shape index (κ3) is 1.06. The highest BCUT2D eigenvalue weighted by Gasteiger charge is 2.19. The summed E-state index contributed by atoms with van der Waals surface area (Å²) < 4.78 is 4.75. The van der Waals surface area contributed by atoms with Gasteiger partial charge in [0.2, 0.25) is 5.78 Å². The van der Waals surface area contributed by atoms with Crippen LogP contribution < -0.4 is 5.73 Å². The number of rotatable bonds is 1. The molecule has 0 saturated heterocycles. The molecule has 0 amide bonds. The molecular formula is C6H8N2O2. The molecule has 0 fully saturated rings. The Morgan fingerprint density at radius 3 is 3.00 bits per heavy atom. The van der Waals surface area contributed by atoms with Crippen LogP contribution in [0.5, 0.6) is 0 Å². The molecule has 54 valence electrons. The van der Waals surface area contributed by atoms with E-state index in [1.165, 1.54) is 19.5 Å². The Kier molecular flexibility index (Phi) is 1.82. The van der Waals surface area contributed by atoms with Crippen molar-refractivity contribution in [2.45, 2.75) is 6.10 Å². The van der Waals surface area contributed by atoms with E-state index in [9.17, 15) is 4.79 Å². The number of Topliss-reactive ketones (excluding diaryl/α,β-unsaturated/α-hetero) is 1. The largest absolute Gasteiger partial charge is 0.394 e. The van der Waals surface area contributed by atoms with E-state index in [1.807, 2.05) is 0 Å². The molecule has 1 heterocycles. The number of carbonyl (C=O) groups is 1. The maximum atomic E-state index is 10.9. The molecule has 10 heavy (non-hydrogen) atoms. The van der Waals surface area contributed by atoms with Gasteiger partial charge in [0, 0.05) is 13.3 Å². The highest BCUT2D eigenvalue weighted by molar-refractivity contribution is 6.09. The van der Waals surface area contributed by atoms with Crippen LogP contribution in [-0.4, -0.2) is 25.2 Å². The lowest BCUT2D eigenvalue weighted by Crippen LogP contribution is -2.31. The summed E-state index contributed by atoms with van der Waals surface area (Å²) in [5.74, 6) is -0.225. The van der Waals surface area contributed by atoms with Gasteiger partial charge in [-0.3, -0.25) is 9.79 Å². The molecule has 4 nitrogen and oxygen atoms in total. The van der Waals surface area contributed by atoms with Gasteiger partial charge in [-0.1, -0.05) is 0 Å². The fourth-order valence-electron chi connectivity index (χ4n) is 0.665. The van der Waals surface area contributed by atoms with Crippen molar-refractivity contribution in [1.29, 1.82) is 0 Å². The van der Waals surface area contributed by atoms with E-state index in [2.05, 4.69) is 4.99 Å². The molecule has 0 aromatic carbocycles. The van der Waals surface area contributed by atoms with Gasteiger partial charge in [0.1, 0.15) is 0 Å². The number of nitrogens with zero attached hydrogens (tertiary/aromatic N) is 1. The Hall–Kier alpha value is -1.16. The molecule has 0 spiro atoms. The summed E-state index contributed by atoms with van der Waals surface area (Å²) in [6.07, 6.45) is 2.14. The second-order valence-corrected chi connectivity index (χ2v) is 1.90. The fraction of sp³-hybridized carbons (Fsp3) is 0.333. The standard InChI is InChI=1S/C6H8N2O2/c1-10-5-3-8-2-4(7)6(5)9/h2-3,5H,7H2,1H3. The average Bonchev–Trinajstić information content (AvgIpc) is 1.95. The number of ketones is 1. The maximum absolute atomic E-state index is 10.9. The smallest absolute Gasteiger partial charge is 0.214 e. The van der Waals surface area contributed by atoms with Crippen molar-refractivity contribution in [1.82, 2.24) is 0 Å². The van der Waals surface area contributed by atoms with Crippen LogP contribution in [0.25, 0.3) is 0 Å². The summed E-state index contributed by atoms with van der Waals surface area (Å²) in [6, 6.07) is 0. The van der Waals surface area contributed by atoms with Gasteiger partial charge in [-0.2, -0.15) is 0 Å². The van der Waals surface area contributed by atoms with Crippen molar-refractivity contribution >= 4 is 12.0 Å². The molecule has 0 radical (unpaired) electrons. The molecule has 0 aliphatic carbocycles. The number of aliphatic imine (C=N–C) groups is 1. The summed E-state index contributed by atoms with van der Waals surface area (Å²) in [5.41, 5.74) is 5.41. The number of nitrogens with two attached hydrogens (primary N) is 1. The molecule has 1 unspecified atom stereocenters.